The number of thioether (sulfide) groups is 1. The Morgan fingerprint density at radius 3 is 3.00 bits per heavy atom. The Hall–Kier alpha value is -1.30. The summed E-state index contributed by atoms with van der Waals surface area (Å²) in [5, 5.41) is 0.550. The molecule has 122 valence electrons. The summed E-state index contributed by atoms with van der Waals surface area (Å²) in [5.41, 5.74) is 0.656. The fraction of sp³-hybridized carbons (Fsp3) is 0.688. The topological polar surface area (TPSA) is 66.1 Å². The zero-order chi connectivity index (χ0) is 15.9. The molecular weight excluding hydrogens is 298 g/mol. The predicted molar refractivity (Wildman–Crippen MR) is 89.2 cm³/mol. The van der Waals surface area contributed by atoms with Crippen molar-refractivity contribution in [3.63, 3.8) is 0 Å². The van der Waals surface area contributed by atoms with Crippen molar-refractivity contribution in [1.82, 2.24) is 14.9 Å². The lowest BCUT2D eigenvalue weighted by atomic mass is 10.0. The number of aromatic nitrogens is 2. The lowest BCUT2D eigenvalue weighted by molar-refractivity contribution is -0.132. The van der Waals surface area contributed by atoms with Crippen LogP contribution in [0, 0.1) is 0 Å². The minimum atomic E-state index is -0.141. The van der Waals surface area contributed by atoms with Crippen molar-refractivity contribution < 1.29 is 4.79 Å². The molecule has 0 saturated carbocycles. The van der Waals surface area contributed by atoms with E-state index in [2.05, 4.69) is 23.8 Å². The molecule has 1 aromatic rings. The summed E-state index contributed by atoms with van der Waals surface area (Å²) in [6, 6.07) is 1.91. The van der Waals surface area contributed by atoms with E-state index >= 15 is 0 Å². The molecule has 0 bridgehead atoms. The van der Waals surface area contributed by atoms with Crippen LogP contribution in [-0.2, 0) is 11.2 Å². The molecule has 1 saturated heterocycles. The summed E-state index contributed by atoms with van der Waals surface area (Å²) in [6.07, 6.45) is 6.16. The minimum absolute atomic E-state index is 0.141. The highest BCUT2D eigenvalue weighted by molar-refractivity contribution is 7.99. The zero-order valence-electron chi connectivity index (χ0n) is 13.4. The second-order valence-electron chi connectivity index (χ2n) is 5.73. The van der Waals surface area contributed by atoms with Crippen molar-refractivity contribution in [2.45, 2.75) is 63.6 Å². The average molecular weight is 323 g/mol. The highest BCUT2D eigenvalue weighted by Crippen LogP contribution is 2.21. The number of carbonyl (C=O) groups excluding carboxylic acids is 1. The predicted octanol–water partition coefficient (Wildman–Crippen LogP) is 2.61. The van der Waals surface area contributed by atoms with Crippen molar-refractivity contribution in [3.8, 4) is 0 Å². The molecule has 0 aromatic carbocycles. The zero-order valence-corrected chi connectivity index (χ0v) is 14.2. The quantitative estimate of drug-likeness (QED) is 0.645. The van der Waals surface area contributed by atoms with Crippen LogP contribution >= 0.6 is 11.8 Å². The molecule has 0 aliphatic carbocycles. The molecule has 1 aromatic heterocycles. The van der Waals surface area contributed by atoms with Crippen LogP contribution in [0.25, 0.3) is 0 Å². The monoisotopic (exact) mass is 323 g/mol. The van der Waals surface area contributed by atoms with Gasteiger partial charge in [-0.2, -0.15) is 0 Å². The Kier molecular flexibility index (Phi) is 6.49. The van der Waals surface area contributed by atoms with Crippen molar-refractivity contribution in [2.24, 2.45) is 0 Å². The van der Waals surface area contributed by atoms with E-state index in [0.29, 0.717) is 17.0 Å². The molecule has 2 rings (SSSR count). The van der Waals surface area contributed by atoms with Crippen LogP contribution in [0.2, 0.25) is 0 Å². The van der Waals surface area contributed by atoms with Gasteiger partial charge in [-0.05, 0) is 32.1 Å². The van der Waals surface area contributed by atoms with Gasteiger partial charge in [0.15, 0.2) is 5.16 Å². The summed E-state index contributed by atoms with van der Waals surface area (Å²) in [4.78, 5) is 33.2. The van der Waals surface area contributed by atoms with E-state index in [1.165, 1.54) is 24.2 Å². The number of hydrogen-bond acceptors (Lipinski definition) is 4. The Balaban J connectivity index is 1.97. The fourth-order valence-corrected chi connectivity index (χ4v) is 3.68. The number of piperidine rings is 1. The highest BCUT2D eigenvalue weighted by Gasteiger charge is 2.25. The molecule has 6 heteroatoms. The van der Waals surface area contributed by atoms with Crippen LogP contribution in [0.15, 0.2) is 16.0 Å². The maximum Gasteiger partial charge on any atom is 0.251 e. The number of aryl methyl sites for hydroxylation is 1. The normalized spacial score (nSPS) is 18.5. The number of nitrogens with one attached hydrogen (secondary N) is 1. The number of likely N-dealkylation sites (tertiary alicyclic amines) is 1. The van der Waals surface area contributed by atoms with Gasteiger partial charge in [-0.1, -0.05) is 32.0 Å². The largest absolute Gasteiger partial charge is 0.339 e. The maximum absolute atomic E-state index is 12.4. The highest BCUT2D eigenvalue weighted by atomic mass is 32.2. The molecule has 0 spiro atoms. The summed E-state index contributed by atoms with van der Waals surface area (Å²) in [6.45, 7) is 5.05. The van der Waals surface area contributed by atoms with Gasteiger partial charge in [0.05, 0.1) is 5.75 Å². The second kappa shape index (κ2) is 8.36. The molecule has 1 aliphatic rings. The fourth-order valence-electron chi connectivity index (χ4n) is 2.90. The summed E-state index contributed by atoms with van der Waals surface area (Å²) in [5.74, 6) is 0.495. The van der Waals surface area contributed by atoms with Gasteiger partial charge in [-0.15, -0.1) is 0 Å². The Labute approximate surface area is 135 Å². The number of carbonyl (C=O) groups is 1. The van der Waals surface area contributed by atoms with Crippen LogP contribution in [0.4, 0.5) is 0 Å². The Morgan fingerprint density at radius 1 is 1.45 bits per heavy atom. The van der Waals surface area contributed by atoms with Crippen LogP contribution in [0.1, 0.15) is 51.6 Å². The number of aromatic amines is 1. The van der Waals surface area contributed by atoms with Gasteiger partial charge in [0.1, 0.15) is 0 Å². The molecule has 1 unspecified atom stereocenters. The first-order valence-corrected chi connectivity index (χ1v) is 9.15. The molecule has 1 fully saturated rings. The minimum Gasteiger partial charge on any atom is -0.339 e. The molecule has 5 nitrogen and oxygen atoms in total. The number of hydrogen-bond donors (Lipinski definition) is 1. The third-order valence-electron chi connectivity index (χ3n) is 4.03. The standard InChI is InChI=1S/C16H25N3O2S/c1-3-7-12-10-14(20)18-16(17-12)22-11-15(21)19-9-6-5-8-13(19)4-2/h10,13H,3-9,11H2,1-2H3,(H,17,18,20). The first-order valence-electron chi connectivity index (χ1n) is 8.16. The number of nitrogens with zero attached hydrogens (tertiary/aromatic N) is 2. The van der Waals surface area contributed by atoms with E-state index in [4.69, 9.17) is 0 Å². The van der Waals surface area contributed by atoms with Gasteiger partial charge in [0, 0.05) is 24.3 Å². The van der Waals surface area contributed by atoms with Crippen LogP contribution in [-0.4, -0.2) is 39.1 Å². The van der Waals surface area contributed by atoms with Crippen LogP contribution < -0.4 is 5.56 Å². The van der Waals surface area contributed by atoms with E-state index in [1.54, 1.807) is 0 Å². The lowest BCUT2D eigenvalue weighted by Gasteiger charge is -2.35. The van der Waals surface area contributed by atoms with Crippen molar-refractivity contribution in [2.75, 3.05) is 12.3 Å². The van der Waals surface area contributed by atoms with Crippen LogP contribution in [0.5, 0.6) is 0 Å². The van der Waals surface area contributed by atoms with Crippen molar-refractivity contribution in [3.05, 3.63) is 22.1 Å². The molecule has 1 N–H and O–H groups in total. The first-order chi connectivity index (χ1) is 10.6. The molecule has 0 radical (unpaired) electrons. The molecule has 1 atom stereocenters. The van der Waals surface area contributed by atoms with Gasteiger partial charge in [0.2, 0.25) is 5.91 Å². The van der Waals surface area contributed by atoms with Crippen molar-refractivity contribution >= 4 is 17.7 Å². The summed E-state index contributed by atoms with van der Waals surface area (Å²) >= 11 is 1.33. The van der Waals surface area contributed by atoms with E-state index < -0.39 is 0 Å². The van der Waals surface area contributed by atoms with Crippen LogP contribution in [0.3, 0.4) is 0 Å². The van der Waals surface area contributed by atoms with E-state index in [0.717, 1.165) is 44.3 Å². The Morgan fingerprint density at radius 2 is 2.27 bits per heavy atom. The van der Waals surface area contributed by atoms with Gasteiger partial charge in [0.25, 0.3) is 5.56 Å². The average Bonchev–Trinajstić information content (AvgIpc) is 2.52. The van der Waals surface area contributed by atoms with Gasteiger partial charge < -0.3 is 9.88 Å². The second-order valence-corrected chi connectivity index (χ2v) is 6.69. The van der Waals surface area contributed by atoms with Gasteiger partial charge >= 0.3 is 0 Å². The molecule has 22 heavy (non-hydrogen) atoms. The van der Waals surface area contributed by atoms with E-state index in [1.807, 2.05) is 4.90 Å². The Bertz CT molecular complexity index is 559. The number of rotatable bonds is 6. The maximum atomic E-state index is 12.4. The van der Waals surface area contributed by atoms with Gasteiger partial charge in [-0.3, -0.25) is 9.59 Å². The smallest absolute Gasteiger partial charge is 0.251 e. The summed E-state index contributed by atoms with van der Waals surface area (Å²) < 4.78 is 0. The van der Waals surface area contributed by atoms with Gasteiger partial charge in [-0.25, -0.2) is 4.98 Å². The SMILES string of the molecule is CCCc1cc(=O)[nH]c(SCC(=O)N2CCCCC2CC)n1. The molecule has 2 heterocycles. The summed E-state index contributed by atoms with van der Waals surface area (Å²) in [7, 11) is 0. The number of H-pyrrole nitrogens is 1. The van der Waals surface area contributed by atoms with Crippen molar-refractivity contribution in [1.29, 1.82) is 0 Å². The number of amides is 1. The molecular formula is C16H25N3O2S. The lowest BCUT2D eigenvalue weighted by Crippen LogP contribution is -2.44. The first kappa shape index (κ1) is 17.1. The van der Waals surface area contributed by atoms with E-state index in [-0.39, 0.29) is 11.5 Å². The third kappa shape index (κ3) is 4.60. The molecule has 1 amide bonds. The molecule has 1 aliphatic heterocycles. The van der Waals surface area contributed by atoms with E-state index in [9.17, 15) is 9.59 Å². The third-order valence-corrected chi connectivity index (χ3v) is 4.89.